The van der Waals surface area contributed by atoms with Crippen LogP contribution in [0.1, 0.15) is 12.1 Å². The third-order valence-corrected chi connectivity index (χ3v) is 4.40. The second kappa shape index (κ2) is 5.39. The van der Waals surface area contributed by atoms with E-state index in [-0.39, 0.29) is 6.61 Å². The highest BCUT2D eigenvalue weighted by atomic mass is 35.5. The summed E-state index contributed by atoms with van der Waals surface area (Å²) in [7, 11) is 0. The molecular formula is C13H14Cl2N2O4. The summed E-state index contributed by atoms with van der Waals surface area (Å²) >= 11 is 12.0. The van der Waals surface area contributed by atoms with Crippen LogP contribution in [0.4, 0.5) is 0 Å². The van der Waals surface area contributed by atoms with E-state index < -0.39 is 24.5 Å². The third kappa shape index (κ3) is 2.32. The predicted molar refractivity (Wildman–Crippen MR) is 77.5 cm³/mol. The van der Waals surface area contributed by atoms with E-state index in [1.165, 1.54) is 0 Å². The smallest absolute Gasteiger partial charge is 0.164 e. The van der Waals surface area contributed by atoms with E-state index in [2.05, 4.69) is 4.98 Å². The number of nitrogens with zero attached hydrogens (tertiary/aromatic N) is 2. The van der Waals surface area contributed by atoms with E-state index in [1.54, 1.807) is 23.6 Å². The van der Waals surface area contributed by atoms with Gasteiger partial charge in [0.05, 0.1) is 27.7 Å². The molecule has 1 saturated heterocycles. The Kier molecular flexibility index (Phi) is 3.85. The van der Waals surface area contributed by atoms with Crippen molar-refractivity contribution in [3.8, 4) is 0 Å². The zero-order valence-corrected chi connectivity index (χ0v) is 12.6. The van der Waals surface area contributed by atoms with Crippen molar-refractivity contribution >= 4 is 34.2 Å². The van der Waals surface area contributed by atoms with Gasteiger partial charge >= 0.3 is 0 Å². The number of halogens is 2. The van der Waals surface area contributed by atoms with Gasteiger partial charge in [0.2, 0.25) is 0 Å². The van der Waals surface area contributed by atoms with Gasteiger partial charge < -0.3 is 20.1 Å². The highest BCUT2D eigenvalue weighted by Gasteiger charge is 2.44. The first-order valence-electron chi connectivity index (χ1n) is 6.40. The van der Waals surface area contributed by atoms with Gasteiger partial charge in [0.15, 0.2) is 6.23 Å². The topological polar surface area (TPSA) is 87.7 Å². The summed E-state index contributed by atoms with van der Waals surface area (Å²) in [6, 6.07) is 3.26. The average molecular weight is 333 g/mol. The molecule has 0 aliphatic carbocycles. The van der Waals surface area contributed by atoms with Gasteiger partial charge in [0, 0.05) is 0 Å². The number of benzene rings is 1. The quantitative estimate of drug-likeness (QED) is 0.770. The largest absolute Gasteiger partial charge is 0.394 e. The van der Waals surface area contributed by atoms with Crippen LogP contribution in [0.25, 0.3) is 11.0 Å². The molecule has 0 bridgehead atoms. The second-order valence-corrected chi connectivity index (χ2v) is 5.83. The Morgan fingerprint density at radius 1 is 1.24 bits per heavy atom. The Labute approximate surface area is 130 Å². The number of aromatic nitrogens is 2. The first-order valence-corrected chi connectivity index (χ1v) is 7.15. The number of fused-ring (bicyclic) bond motifs is 1. The van der Waals surface area contributed by atoms with Gasteiger partial charge in [-0.3, -0.25) is 4.57 Å². The molecule has 1 aliphatic rings. The van der Waals surface area contributed by atoms with Gasteiger partial charge in [-0.1, -0.05) is 23.2 Å². The summed E-state index contributed by atoms with van der Waals surface area (Å²) in [6.45, 7) is 1.36. The molecule has 0 radical (unpaired) electrons. The summed E-state index contributed by atoms with van der Waals surface area (Å²) in [5.41, 5.74) is 1.25. The van der Waals surface area contributed by atoms with Crippen LogP contribution in [0.3, 0.4) is 0 Å². The first-order chi connectivity index (χ1) is 9.93. The van der Waals surface area contributed by atoms with Crippen molar-refractivity contribution in [2.45, 2.75) is 31.5 Å². The second-order valence-electron chi connectivity index (χ2n) is 5.01. The van der Waals surface area contributed by atoms with Gasteiger partial charge in [-0.15, -0.1) is 0 Å². The summed E-state index contributed by atoms with van der Waals surface area (Å²) in [6.07, 6.45) is -4.03. The van der Waals surface area contributed by atoms with Gasteiger partial charge in [-0.25, -0.2) is 4.98 Å². The zero-order chi connectivity index (χ0) is 15.3. The maximum atomic E-state index is 10.1. The number of rotatable bonds is 2. The number of aliphatic hydroxyl groups excluding tert-OH is 3. The molecule has 3 N–H and O–H groups in total. The van der Waals surface area contributed by atoms with E-state index in [4.69, 9.17) is 27.9 Å². The van der Waals surface area contributed by atoms with Crippen molar-refractivity contribution in [2.24, 2.45) is 0 Å². The van der Waals surface area contributed by atoms with Crippen molar-refractivity contribution < 1.29 is 20.1 Å². The summed E-state index contributed by atoms with van der Waals surface area (Å²) in [4.78, 5) is 4.35. The first kappa shape index (κ1) is 15.0. The number of aryl methyl sites for hydroxylation is 1. The molecule has 3 rings (SSSR count). The maximum Gasteiger partial charge on any atom is 0.164 e. The molecule has 8 heteroatoms. The molecule has 1 aromatic carbocycles. The molecule has 0 spiro atoms. The molecule has 2 heterocycles. The fourth-order valence-corrected chi connectivity index (χ4v) is 2.94. The highest BCUT2D eigenvalue weighted by molar-refractivity contribution is 6.42. The average Bonchev–Trinajstić information content (AvgIpc) is 2.89. The number of aliphatic hydroxyl groups is 3. The van der Waals surface area contributed by atoms with Crippen LogP contribution >= 0.6 is 23.2 Å². The molecule has 114 valence electrons. The Balaban J connectivity index is 2.12. The van der Waals surface area contributed by atoms with Crippen molar-refractivity contribution in [1.29, 1.82) is 0 Å². The predicted octanol–water partition coefficient (Wildman–Crippen LogP) is 1.26. The minimum Gasteiger partial charge on any atom is -0.394 e. The van der Waals surface area contributed by atoms with Crippen LogP contribution in [-0.4, -0.2) is 49.8 Å². The SMILES string of the molecule is Cc1nc2cc(Cl)c(Cl)cc2n1[C@@H]1O[C@H](CO)[C@@H](O)[C@H]1O. The van der Waals surface area contributed by atoms with E-state index in [9.17, 15) is 15.3 Å². The third-order valence-electron chi connectivity index (χ3n) is 3.68. The van der Waals surface area contributed by atoms with Crippen LogP contribution in [0.15, 0.2) is 12.1 Å². The molecule has 2 aromatic rings. The van der Waals surface area contributed by atoms with Gasteiger partial charge in [0.1, 0.15) is 24.1 Å². The van der Waals surface area contributed by atoms with Gasteiger partial charge in [0.25, 0.3) is 0 Å². The van der Waals surface area contributed by atoms with E-state index in [1.807, 2.05) is 0 Å². The highest BCUT2D eigenvalue weighted by Crippen LogP contribution is 2.35. The van der Waals surface area contributed by atoms with Crippen LogP contribution in [-0.2, 0) is 4.74 Å². The van der Waals surface area contributed by atoms with Crippen molar-refractivity contribution in [3.05, 3.63) is 28.0 Å². The molecule has 0 unspecified atom stereocenters. The Morgan fingerprint density at radius 3 is 2.52 bits per heavy atom. The van der Waals surface area contributed by atoms with Crippen molar-refractivity contribution in [2.75, 3.05) is 6.61 Å². The minimum absolute atomic E-state index is 0.358. The molecule has 21 heavy (non-hydrogen) atoms. The van der Waals surface area contributed by atoms with Crippen LogP contribution in [0.2, 0.25) is 10.0 Å². The van der Waals surface area contributed by atoms with Crippen LogP contribution in [0, 0.1) is 6.92 Å². The minimum atomic E-state index is -1.17. The van der Waals surface area contributed by atoms with E-state index in [0.29, 0.717) is 26.9 Å². The van der Waals surface area contributed by atoms with Crippen LogP contribution in [0.5, 0.6) is 0 Å². The molecule has 4 atom stereocenters. The van der Waals surface area contributed by atoms with Gasteiger partial charge in [-0.2, -0.15) is 0 Å². The number of imidazole rings is 1. The lowest BCUT2D eigenvalue weighted by Crippen LogP contribution is -2.33. The van der Waals surface area contributed by atoms with E-state index in [0.717, 1.165) is 0 Å². The lowest BCUT2D eigenvalue weighted by atomic mass is 10.1. The Hall–Kier alpha value is -0.890. The fraction of sp³-hybridized carbons (Fsp3) is 0.462. The summed E-state index contributed by atoms with van der Waals surface area (Å²) in [5, 5.41) is 29.9. The maximum absolute atomic E-state index is 10.1. The monoisotopic (exact) mass is 332 g/mol. The van der Waals surface area contributed by atoms with E-state index >= 15 is 0 Å². The fourth-order valence-electron chi connectivity index (χ4n) is 2.63. The van der Waals surface area contributed by atoms with Crippen LogP contribution < -0.4 is 0 Å². The normalized spacial score (nSPS) is 29.4. The number of ether oxygens (including phenoxy) is 1. The number of hydrogen-bond donors (Lipinski definition) is 3. The number of hydrogen-bond acceptors (Lipinski definition) is 5. The van der Waals surface area contributed by atoms with Gasteiger partial charge in [-0.05, 0) is 19.1 Å². The van der Waals surface area contributed by atoms with Crippen molar-refractivity contribution in [3.63, 3.8) is 0 Å². The molecule has 1 aliphatic heterocycles. The van der Waals surface area contributed by atoms with Crippen molar-refractivity contribution in [1.82, 2.24) is 9.55 Å². The molecular weight excluding hydrogens is 319 g/mol. The standard InChI is InChI=1S/C13H14Cl2N2O4/c1-5-16-8-2-6(14)7(15)3-9(8)17(5)13-12(20)11(19)10(4-18)21-13/h2-3,10-13,18-20H,4H2,1H3/t10-,11-,12-,13-/m1/s1. The molecule has 0 amide bonds. The Bertz CT molecular complexity index is 690. The molecule has 6 nitrogen and oxygen atoms in total. The molecule has 1 fully saturated rings. The molecule has 0 saturated carbocycles. The lowest BCUT2D eigenvalue weighted by molar-refractivity contribution is -0.0517. The lowest BCUT2D eigenvalue weighted by Gasteiger charge is -2.19. The zero-order valence-electron chi connectivity index (χ0n) is 11.1. The summed E-state index contributed by atoms with van der Waals surface area (Å²) < 4.78 is 7.18. The summed E-state index contributed by atoms with van der Waals surface area (Å²) in [5.74, 6) is 0.582. The molecule has 1 aromatic heterocycles. The Morgan fingerprint density at radius 2 is 1.90 bits per heavy atom.